The molecule has 0 saturated heterocycles. The Kier molecular flexibility index (Phi) is 7.69. The predicted octanol–water partition coefficient (Wildman–Crippen LogP) is 5.24. The van der Waals surface area contributed by atoms with E-state index >= 15 is 0 Å². The summed E-state index contributed by atoms with van der Waals surface area (Å²) in [5.74, 6) is 1.99. The molecular formula is C25H32N2O4. The van der Waals surface area contributed by atoms with Crippen LogP contribution in [0.3, 0.4) is 0 Å². The fourth-order valence-corrected chi connectivity index (χ4v) is 3.09. The zero-order valence-corrected chi connectivity index (χ0v) is 18.9. The van der Waals surface area contributed by atoms with Gasteiger partial charge in [0.2, 0.25) is 5.88 Å². The third kappa shape index (κ3) is 6.56. The lowest BCUT2D eigenvalue weighted by Crippen LogP contribution is -2.21. The SMILES string of the molecule is CCCCOc1c(C)c(COc2cc(OCCC(C)(C)O)ccn2)nc2ccccc12. The summed E-state index contributed by atoms with van der Waals surface area (Å²) < 4.78 is 17.8. The number of fused-ring (bicyclic) bond motifs is 1. The minimum Gasteiger partial charge on any atom is -0.493 e. The van der Waals surface area contributed by atoms with Crippen LogP contribution in [0.4, 0.5) is 0 Å². The van der Waals surface area contributed by atoms with Crippen LogP contribution in [-0.4, -0.2) is 33.9 Å². The van der Waals surface area contributed by atoms with Crippen molar-refractivity contribution in [2.24, 2.45) is 0 Å². The highest BCUT2D eigenvalue weighted by Gasteiger charge is 2.15. The number of pyridine rings is 2. The molecule has 0 aliphatic rings. The first kappa shape index (κ1) is 22.8. The van der Waals surface area contributed by atoms with Crippen LogP contribution in [0.15, 0.2) is 42.6 Å². The molecule has 166 valence electrons. The topological polar surface area (TPSA) is 73.7 Å². The molecule has 0 unspecified atom stereocenters. The second kappa shape index (κ2) is 10.4. The van der Waals surface area contributed by atoms with E-state index in [-0.39, 0.29) is 6.61 Å². The van der Waals surface area contributed by atoms with Gasteiger partial charge in [0.1, 0.15) is 18.1 Å². The highest BCUT2D eigenvalue weighted by molar-refractivity contribution is 5.86. The monoisotopic (exact) mass is 424 g/mol. The average Bonchev–Trinajstić information content (AvgIpc) is 2.73. The van der Waals surface area contributed by atoms with Crippen LogP contribution in [-0.2, 0) is 6.61 Å². The van der Waals surface area contributed by atoms with Gasteiger partial charge < -0.3 is 19.3 Å². The zero-order valence-electron chi connectivity index (χ0n) is 18.9. The fraction of sp³-hybridized carbons (Fsp3) is 0.440. The molecule has 0 saturated carbocycles. The van der Waals surface area contributed by atoms with Crippen molar-refractivity contribution < 1.29 is 19.3 Å². The van der Waals surface area contributed by atoms with Gasteiger partial charge in [-0.2, -0.15) is 0 Å². The van der Waals surface area contributed by atoms with E-state index in [9.17, 15) is 5.11 Å². The maximum atomic E-state index is 9.82. The molecule has 2 aromatic heterocycles. The van der Waals surface area contributed by atoms with Gasteiger partial charge in [0.25, 0.3) is 0 Å². The molecule has 2 heterocycles. The summed E-state index contributed by atoms with van der Waals surface area (Å²) in [6.07, 6.45) is 4.27. The van der Waals surface area contributed by atoms with E-state index in [0.29, 0.717) is 31.3 Å². The number of nitrogens with zero attached hydrogens (tertiary/aromatic N) is 2. The summed E-state index contributed by atoms with van der Waals surface area (Å²) >= 11 is 0. The van der Waals surface area contributed by atoms with Gasteiger partial charge in [0, 0.05) is 29.6 Å². The summed E-state index contributed by atoms with van der Waals surface area (Å²) in [5.41, 5.74) is 1.92. The van der Waals surface area contributed by atoms with Gasteiger partial charge in [-0.25, -0.2) is 9.97 Å². The van der Waals surface area contributed by atoms with Gasteiger partial charge in [-0.15, -0.1) is 0 Å². The van der Waals surface area contributed by atoms with E-state index in [2.05, 4.69) is 11.9 Å². The van der Waals surface area contributed by atoms with Gasteiger partial charge in [-0.05, 0) is 45.4 Å². The molecule has 0 spiro atoms. The summed E-state index contributed by atoms with van der Waals surface area (Å²) in [4.78, 5) is 9.06. The molecule has 0 aliphatic heterocycles. The lowest BCUT2D eigenvalue weighted by atomic mass is 10.1. The highest BCUT2D eigenvalue weighted by atomic mass is 16.5. The van der Waals surface area contributed by atoms with Crippen LogP contribution in [0.1, 0.15) is 51.3 Å². The number of para-hydroxylation sites is 1. The number of hydrogen-bond donors (Lipinski definition) is 1. The largest absolute Gasteiger partial charge is 0.493 e. The number of benzene rings is 1. The lowest BCUT2D eigenvalue weighted by molar-refractivity contribution is 0.0553. The molecule has 6 nitrogen and oxygen atoms in total. The van der Waals surface area contributed by atoms with Crippen molar-refractivity contribution in [3.05, 3.63) is 53.9 Å². The Morgan fingerprint density at radius 2 is 1.84 bits per heavy atom. The van der Waals surface area contributed by atoms with Crippen LogP contribution in [0.5, 0.6) is 17.4 Å². The van der Waals surface area contributed by atoms with Gasteiger partial charge in [0.05, 0.1) is 30.0 Å². The molecule has 1 aromatic carbocycles. The Hall–Kier alpha value is -2.86. The first-order chi connectivity index (χ1) is 14.9. The average molecular weight is 425 g/mol. The predicted molar refractivity (Wildman–Crippen MR) is 122 cm³/mol. The number of unbranched alkanes of at least 4 members (excludes halogenated alkanes) is 1. The molecule has 0 bridgehead atoms. The highest BCUT2D eigenvalue weighted by Crippen LogP contribution is 2.31. The Bertz CT molecular complexity index is 998. The third-order valence-electron chi connectivity index (χ3n) is 4.97. The molecule has 0 amide bonds. The van der Waals surface area contributed by atoms with Crippen LogP contribution in [0.2, 0.25) is 0 Å². The first-order valence-electron chi connectivity index (χ1n) is 10.8. The van der Waals surface area contributed by atoms with Gasteiger partial charge >= 0.3 is 0 Å². The van der Waals surface area contributed by atoms with E-state index in [1.807, 2.05) is 31.2 Å². The standard InChI is InChI=1S/C25H32N2O4/c1-5-6-14-30-24-18(2)22(27-21-10-8-7-9-20(21)24)17-31-23-16-19(11-13-26-23)29-15-12-25(3,4)28/h7-11,13,16,28H,5-6,12,14-15,17H2,1-4H3. The quantitative estimate of drug-likeness (QED) is 0.425. The van der Waals surface area contributed by atoms with Crippen LogP contribution in [0.25, 0.3) is 10.9 Å². The molecule has 6 heteroatoms. The molecular weight excluding hydrogens is 392 g/mol. The van der Waals surface area contributed by atoms with E-state index in [1.54, 1.807) is 32.2 Å². The van der Waals surface area contributed by atoms with Crippen molar-refractivity contribution in [1.82, 2.24) is 9.97 Å². The molecule has 0 fully saturated rings. The van der Waals surface area contributed by atoms with Crippen molar-refractivity contribution in [2.45, 2.75) is 59.2 Å². The first-order valence-corrected chi connectivity index (χ1v) is 10.8. The molecule has 1 N–H and O–H groups in total. The minimum atomic E-state index is -0.761. The molecule has 3 rings (SSSR count). The molecule has 0 atom stereocenters. The Labute approximate surface area is 184 Å². The number of ether oxygens (including phenoxy) is 3. The fourth-order valence-electron chi connectivity index (χ4n) is 3.09. The Morgan fingerprint density at radius 1 is 1.03 bits per heavy atom. The number of rotatable bonds is 11. The molecule has 0 aliphatic carbocycles. The van der Waals surface area contributed by atoms with Gasteiger partial charge in [0.15, 0.2) is 0 Å². The van der Waals surface area contributed by atoms with E-state index in [4.69, 9.17) is 19.2 Å². The number of hydrogen-bond acceptors (Lipinski definition) is 6. The molecule has 0 radical (unpaired) electrons. The minimum absolute atomic E-state index is 0.279. The number of aromatic nitrogens is 2. The van der Waals surface area contributed by atoms with Crippen molar-refractivity contribution >= 4 is 10.9 Å². The van der Waals surface area contributed by atoms with Crippen molar-refractivity contribution in [3.8, 4) is 17.4 Å². The van der Waals surface area contributed by atoms with Crippen molar-refractivity contribution in [1.29, 1.82) is 0 Å². The Morgan fingerprint density at radius 3 is 2.61 bits per heavy atom. The zero-order chi connectivity index (χ0) is 22.3. The van der Waals surface area contributed by atoms with Crippen LogP contribution in [0, 0.1) is 6.92 Å². The second-order valence-electron chi connectivity index (χ2n) is 8.26. The van der Waals surface area contributed by atoms with E-state index < -0.39 is 5.60 Å². The summed E-state index contributed by atoms with van der Waals surface area (Å²) in [6.45, 7) is 9.06. The molecule has 3 aromatic rings. The van der Waals surface area contributed by atoms with E-state index in [1.165, 1.54) is 0 Å². The maximum absolute atomic E-state index is 9.82. The van der Waals surface area contributed by atoms with Gasteiger partial charge in [-0.1, -0.05) is 25.5 Å². The normalized spacial score (nSPS) is 11.5. The summed E-state index contributed by atoms with van der Waals surface area (Å²) in [7, 11) is 0. The maximum Gasteiger partial charge on any atom is 0.217 e. The Balaban J connectivity index is 1.73. The van der Waals surface area contributed by atoms with Crippen LogP contribution >= 0.6 is 0 Å². The third-order valence-corrected chi connectivity index (χ3v) is 4.97. The van der Waals surface area contributed by atoms with Crippen molar-refractivity contribution in [2.75, 3.05) is 13.2 Å². The second-order valence-corrected chi connectivity index (χ2v) is 8.26. The summed E-state index contributed by atoms with van der Waals surface area (Å²) in [5, 5.41) is 10.8. The van der Waals surface area contributed by atoms with Gasteiger partial charge in [-0.3, -0.25) is 0 Å². The summed E-state index contributed by atoms with van der Waals surface area (Å²) in [6, 6.07) is 11.5. The van der Waals surface area contributed by atoms with Crippen molar-refractivity contribution in [3.63, 3.8) is 0 Å². The molecule has 31 heavy (non-hydrogen) atoms. The van der Waals surface area contributed by atoms with E-state index in [0.717, 1.165) is 40.8 Å². The number of aliphatic hydroxyl groups is 1. The lowest BCUT2D eigenvalue weighted by Gasteiger charge is -2.17. The smallest absolute Gasteiger partial charge is 0.217 e. The van der Waals surface area contributed by atoms with Crippen LogP contribution < -0.4 is 14.2 Å².